The molecule has 0 radical (unpaired) electrons. The maximum Gasteiger partial charge on any atom is 0.0979 e. The molecule has 90 valence electrons. The molecule has 17 heavy (non-hydrogen) atoms. The van der Waals surface area contributed by atoms with Crippen LogP contribution in [0.4, 0.5) is 0 Å². The van der Waals surface area contributed by atoms with E-state index in [9.17, 15) is 0 Å². The van der Waals surface area contributed by atoms with E-state index in [1.165, 1.54) is 18.4 Å². The summed E-state index contributed by atoms with van der Waals surface area (Å²) in [4.78, 5) is 0. The smallest absolute Gasteiger partial charge is 0.0979 e. The highest BCUT2D eigenvalue weighted by molar-refractivity contribution is 6.16. The summed E-state index contributed by atoms with van der Waals surface area (Å²) in [6, 6.07) is 8.43. The summed E-state index contributed by atoms with van der Waals surface area (Å²) in [5, 5.41) is 8.00. The predicted molar refractivity (Wildman–Crippen MR) is 69.5 cm³/mol. The number of benzene rings is 1. The molecular weight excluding hydrogens is 234 g/mol. The molecule has 0 saturated carbocycles. The zero-order valence-electron chi connectivity index (χ0n) is 9.93. The van der Waals surface area contributed by atoms with Gasteiger partial charge in [0.1, 0.15) is 0 Å². The molecule has 0 saturated heterocycles. The third-order valence-corrected chi connectivity index (χ3v) is 2.97. The molecule has 1 aromatic heterocycles. The van der Waals surface area contributed by atoms with Crippen molar-refractivity contribution < 1.29 is 0 Å². The van der Waals surface area contributed by atoms with Crippen LogP contribution in [0.15, 0.2) is 30.5 Å². The van der Waals surface area contributed by atoms with Gasteiger partial charge in [0.2, 0.25) is 0 Å². The fourth-order valence-corrected chi connectivity index (χ4v) is 1.80. The minimum atomic E-state index is 0.397. The van der Waals surface area contributed by atoms with Crippen molar-refractivity contribution in [2.45, 2.75) is 32.1 Å². The van der Waals surface area contributed by atoms with Crippen LogP contribution in [0.25, 0.3) is 5.69 Å². The van der Waals surface area contributed by atoms with Gasteiger partial charge in [0, 0.05) is 0 Å². The Balaban J connectivity index is 2.11. The fraction of sp³-hybridized carbons (Fsp3) is 0.385. The number of nitrogens with zero attached hydrogens (tertiary/aromatic N) is 3. The van der Waals surface area contributed by atoms with Crippen molar-refractivity contribution in [2.24, 2.45) is 0 Å². The van der Waals surface area contributed by atoms with Crippen molar-refractivity contribution in [3.63, 3.8) is 0 Å². The average molecular weight is 250 g/mol. The van der Waals surface area contributed by atoms with E-state index in [1.807, 2.05) is 6.20 Å². The van der Waals surface area contributed by atoms with E-state index in [0.717, 1.165) is 17.8 Å². The summed E-state index contributed by atoms with van der Waals surface area (Å²) in [7, 11) is 0. The Morgan fingerprint density at radius 2 is 2.00 bits per heavy atom. The Bertz CT molecular complexity index is 462. The monoisotopic (exact) mass is 249 g/mol. The maximum atomic E-state index is 5.69. The number of rotatable bonds is 5. The van der Waals surface area contributed by atoms with Gasteiger partial charge in [0.05, 0.1) is 23.5 Å². The van der Waals surface area contributed by atoms with Gasteiger partial charge < -0.3 is 0 Å². The fourth-order valence-electron chi connectivity index (χ4n) is 1.68. The number of hydrogen-bond acceptors (Lipinski definition) is 2. The van der Waals surface area contributed by atoms with E-state index >= 15 is 0 Å². The zero-order chi connectivity index (χ0) is 12.1. The van der Waals surface area contributed by atoms with Crippen LogP contribution in [0, 0.1) is 0 Å². The first kappa shape index (κ1) is 12.1. The summed E-state index contributed by atoms with van der Waals surface area (Å²) >= 11 is 5.69. The standard InChI is InChI=1S/C13H16ClN3/c1-2-3-4-11-5-7-13(8-6-11)17-10-12(9-14)15-16-17/h5-8,10H,2-4,9H2,1H3. The Labute approximate surface area is 106 Å². The minimum Gasteiger partial charge on any atom is -0.220 e. The van der Waals surface area contributed by atoms with Gasteiger partial charge in [-0.3, -0.25) is 0 Å². The van der Waals surface area contributed by atoms with Gasteiger partial charge in [-0.25, -0.2) is 4.68 Å². The molecule has 0 bridgehead atoms. The Morgan fingerprint density at radius 1 is 1.24 bits per heavy atom. The van der Waals surface area contributed by atoms with Gasteiger partial charge in [-0.2, -0.15) is 0 Å². The lowest BCUT2D eigenvalue weighted by molar-refractivity contribution is 0.787. The van der Waals surface area contributed by atoms with Crippen molar-refractivity contribution in [3.8, 4) is 5.69 Å². The summed E-state index contributed by atoms with van der Waals surface area (Å²) in [6.07, 6.45) is 5.46. The van der Waals surface area contributed by atoms with Crippen LogP contribution in [0.1, 0.15) is 31.0 Å². The molecule has 3 nitrogen and oxygen atoms in total. The molecule has 2 rings (SSSR count). The van der Waals surface area contributed by atoms with Crippen LogP contribution in [0.2, 0.25) is 0 Å². The van der Waals surface area contributed by atoms with Crippen LogP contribution in [0.3, 0.4) is 0 Å². The van der Waals surface area contributed by atoms with Crippen molar-refractivity contribution in [3.05, 3.63) is 41.7 Å². The molecule has 0 aliphatic rings. The normalized spacial score (nSPS) is 10.7. The Morgan fingerprint density at radius 3 is 2.59 bits per heavy atom. The molecule has 0 spiro atoms. The second-order valence-corrected chi connectivity index (χ2v) is 4.33. The largest absolute Gasteiger partial charge is 0.220 e. The molecule has 4 heteroatoms. The Hall–Kier alpha value is -1.35. The molecule has 0 fully saturated rings. The van der Waals surface area contributed by atoms with Crippen molar-refractivity contribution in [1.82, 2.24) is 15.0 Å². The first-order chi connectivity index (χ1) is 8.33. The van der Waals surface area contributed by atoms with Crippen molar-refractivity contribution in [1.29, 1.82) is 0 Å². The molecule has 0 atom stereocenters. The highest BCUT2D eigenvalue weighted by Crippen LogP contribution is 2.11. The van der Waals surface area contributed by atoms with E-state index in [2.05, 4.69) is 41.5 Å². The molecule has 0 aliphatic carbocycles. The van der Waals surface area contributed by atoms with Gasteiger partial charge in [0.15, 0.2) is 0 Å². The lowest BCUT2D eigenvalue weighted by Gasteiger charge is -2.02. The van der Waals surface area contributed by atoms with Gasteiger partial charge in [0.25, 0.3) is 0 Å². The van der Waals surface area contributed by atoms with E-state index in [0.29, 0.717) is 5.88 Å². The summed E-state index contributed by atoms with van der Waals surface area (Å²) in [5.41, 5.74) is 3.18. The number of aryl methyl sites for hydroxylation is 1. The molecule has 0 amide bonds. The lowest BCUT2D eigenvalue weighted by atomic mass is 10.1. The predicted octanol–water partition coefficient (Wildman–Crippen LogP) is 3.35. The first-order valence-electron chi connectivity index (χ1n) is 5.90. The molecule has 0 aliphatic heterocycles. The SMILES string of the molecule is CCCCc1ccc(-n2cc(CCl)nn2)cc1. The molecule has 1 heterocycles. The van der Waals surface area contributed by atoms with Crippen LogP contribution < -0.4 is 0 Å². The number of alkyl halides is 1. The molecule has 2 aromatic rings. The topological polar surface area (TPSA) is 30.7 Å². The summed E-state index contributed by atoms with van der Waals surface area (Å²) in [6.45, 7) is 2.21. The third kappa shape index (κ3) is 3.07. The summed E-state index contributed by atoms with van der Waals surface area (Å²) < 4.78 is 1.75. The molecule has 1 aromatic carbocycles. The van der Waals surface area contributed by atoms with Crippen LogP contribution in [0.5, 0.6) is 0 Å². The van der Waals surface area contributed by atoms with Gasteiger partial charge in [-0.05, 0) is 30.5 Å². The number of hydrogen-bond donors (Lipinski definition) is 0. The minimum absolute atomic E-state index is 0.397. The van der Waals surface area contributed by atoms with Crippen molar-refractivity contribution in [2.75, 3.05) is 0 Å². The van der Waals surface area contributed by atoms with Crippen molar-refractivity contribution >= 4 is 11.6 Å². The first-order valence-corrected chi connectivity index (χ1v) is 6.43. The second kappa shape index (κ2) is 5.82. The van der Waals surface area contributed by atoms with E-state index in [1.54, 1.807) is 4.68 Å². The van der Waals surface area contributed by atoms with E-state index < -0.39 is 0 Å². The lowest BCUT2D eigenvalue weighted by Crippen LogP contribution is -1.95. The zero-order valence-corrected chi connectivity index (χ0v) is 10.7. The average Bonchev–Trinajstić information content (AvgIpc) is 2.86. The van der Waals surface area contributed by atoms with Gasteiger partial charge in [-0.15, -0.1) is 16.7 Å². The number of unbranched alkanes of at least 4 members (excludes halogenated alkanes) is 1. The highest BCUT2D eigenvalue weighted by atomic mass is 35.5. The third-order valence-electron chi connectivity index (χ3n) is 2.70. The van der Waals surface area contributed by atoms with Gasteiger partial charge in [-0.1, -0.05) is 30.7 Å². The molecule has 0 unspecified atom stereocenters. The van der Waals surface area contributed by atoms with Gasteiger partial charge >= 0.3 is 0 Å². The van der Waals surface area contributed by atoms with E-state index in [-0.39, 0.29) is 0 Å². The quantitative estimate of drug-likeness (QED) is 0.761. The maximum absolute atomic E-state index is 5.69. The van der Waals surface area contributed by atoms with Crippen LogP contribution >= 0.6 is 11.6 Å². The van der Waals surface area contributed by atoms with Crippen LogP contribution in [-0.2, 0) is 12.3 Å². The van der Waals surface area contributed by atoms with E-state index in [4.69, 9.17) is 11.6 Å². The van der Waals surface area contributed by atoms with Crippen LogP contribution in [-0.4, -0.2) is 15.0 Å². The number of aromatic nitrogens is 3. The highest BCUT2D eigenvalue weighted by Gasteiger charge is 2.01. The number of halogens is 1. The summed E-state index contributed by atoms with van der Waals surface area (Å²) in [5.74, 6) is 0.397. The second-order valence-electron chi connectivity index (χ2n) is 4.06. The molecule has 0 N–H and O–H groups in total. The molecular formula is C13H16ClN3. The Kier molecular flexibility index (Phi) is 4.15.